The lowest BCUT2D eigenvalue weighted by Crippen LogP contribution is -2.34. The summed E-state index contributed by atoms with van der Waals surface area (Å²) < 4.78 is 45.6. The molecule has 0 amide bonds. The number of halogens is 1. The van der Waals surface area contributed by atoms with Gasteiger partial charge in [0, 0.05) is 17.6 Å². The molecule has 1 aliphatic carbocycles. The molecule has 0 spiro atoms. The van der Waals surface area contributed by atoms with Crippen LogP contribution in [0.2, 0.25) is 5.15 Å². The van der Waals surface area contributed by atoms with Crippen molar-refractivity contribution in [1.29, 1.82) is 5.26 Å². The van der Waals surface area contributed by atoms with E-state index in [1.54, 1.807) is 12.3 Å². The maximum Gasteiger partial charge on any atom is 0.361 e. The van der Waals surface area contributed by atoms with Gasteiger partial charge in [0.2, 0.25) is 13.6 Å². The Kier molecular flexibility index (Phi) is 13.1. The molecule has 0 radical (unpaired) electrons. The summed E-state index contributed by atoms with van der Waals surface area (Å²) in [6.07, 6.45) is -1.04. The van der Waals surface area contributed by atoms with Crippen LogP contribution in [-0.4, -0.2) is 106 Å². The highest BCUT2D eigenvalue weighted by Gasteiger charge is 2.45. The summed E-state index contributed by atoms with van der Waals surface area (Å²) in [5.41, 5.74) is 1.02. The number of nitrogens with zero attached hydrogens (tertiary/aromatic N) is 3. The van der Waals surface area contributed by atoms with Crippen LogP contribution < -0.4 is 5.32 Å². The van der Waals surface area contributed by atoms with Gasteiger partial charge in [-0.3, -0.25) is 23.2 Å². The molecule has 17 nitrogen and oxygen atoms in total. The van der Waals surface area contributed by atoms with Gasteiger partial charge in [0.1, 0.15) is 41.9 Å². The predicted octanol–water partition coefficient (Wildman–Crippen LogP) is 1.50. The van der Waals surface area contributed by atoms with E-state index in [9.17, 15) is 29.6 Å². The minimum absolute atomic E-state index is 0.0387. The number of anilines is 1. The molecule has 254 valence electrons. The van der Waals surface area contributed by atoms with E-state index in [0.29, 0.717) is 16.7 Å². The Morgan fingerprint density at radius 3 is 2.33 bits per heavy atom. The van der Waals surface area contributed by atoms with E-state index >= 15 is 0 Å². The van der Waals surface area contributed by atoms with Crippen molar-refractivity contribution in [2.45, 2.75) is 69.1 Å². The van der Waals surface area contributed by atoms with Crippen LogP contribution in [0.1, 0.15) is 50.3 Å². The highest BCUT2D eigenvalue weighted by atomic mass is 35.5. The van der Waals surface area contributed by atoms with Crippen LogP contribution in [0.15, 0.2) is 12.3 Å². The minimum Gasteiger partial charge on any atom is -0.438 e. The summed E-state index contributed by atoms with van der Waals surface area (Å²) in [5, 5.41) is 53.0. The van der Waals surface area contributed by atoms with E-state index in [1.807, 2.05) is 0 Å². The molecule has 0 bridgehead atoms. The molecule has 4 rings (SSSR count). The average Bonchev–Trinajstić information content (AvgIpc) is 3.74. The van der Waals surface area contributed by atoms with Crippen LogP contribution in [-0.2, 0) is 42.1 Å². The number of fused-ring (bicyclic) bond motifs is 1. The van der Waals surface area contributed by atoms with Crippen molar-refractivity contribution in [3.8, 4) is 6.07 Å². The van der Waals surface area contributed by atoms with Crippen molar-refractivity contribution in [3.05, 3.63) is 23.0 Å². The molecule has 1 aliphatic heterocycles. The topological polar surface area (TPSA) is 241 Å². The van der Waals surface area contributed by atoms with Gasteiger partial charge in [-0.1, -0.05) is 24.4 Å². The molecule has 0 unspecified atom stereocenters. The van der Waals surface area contributed by atoms with Crippen LogP contribution in [0, 0.1) is 11.3 Å². The van der Waals surface area contributed by atoms with Crippen molar-refractivity contribution in [2.24, 2.45) is 0 Å². The summed E-state index contributed by atoms with van der Waals surface area (Å²) in [6, 6.07) is 3.97. The number of carbonyl (C=O) groups excluding carboxylic acids is 2. The number of aliphatic hydroxyl groups is 4. The maximum atomic E-state index is 13.2. The number of pyridine rings is 1. The summed E-state index contributed by atoms with van der Waals surface area (Å²) in [7, 11) is -4.25. The summed E-state index contributed by atoms with van der Waals surface area (Å²) in [6.45, 7) is -3.05. The molecule has 3 heterocycles. The molecule has 0 aromatic carbocycles. The van der Waals surface area contributed by atoms with Gasteiger partial charge in [0.05, 0.1) is 38.3 Å². The van der Waals surface area contributed by atoms with Crippen molar-refractivity contribution in [3.63, 3.8) is 0 Å². The normalized spacial score (nSPS) is 21.8. The molecule has 4 atom stereocenters. The average molecular weight is 691 g/mol. The number of esters is 2. The Morgan fingerprint density at radius 2 is 1.74 bits per heavy atom. The fourth-order valence-corrected chi connectivity index (χ4v) is 6.23. The first-order chi connectivity index (χ1) is 22.1. The number of nitrogens with one attached hydrogen (secondary N) is 1. The van der Waals surface area contributed by atoms with Crippen molar-refractivity contribution < 1.29 is 62.6 Å². The Balaban J connectivity index is 1.43. The third kappa shape index (κ3) is 8.92. The van der Waals surface area contributed by atoms with Crippen molar-refractivity contribution >= 4 is 47.9 Å². The van der Waals surface area contributed by atoms with Gasteiger partial charge in [-0.2, -0.15) is 5.26 Å². The molecule has 46 heavy (non-hydrogen) atoms. The Morgan fingerprint density at radius 1 is 1.11 bits per heavy atom. The second-order valence-electron chi connectivity index (χ2n) is 10.5. The van der Waals surface area contributed by atoms with Gasteiger partial charge in [-0.15, -0.1) is 0 Å². The van der Waals surface area contributed by atoms with Gasteiger partial charge in [0.25, 0.3) is 0 Å². The predicted molar refractivity (Wildman–Crippen MR) is 157 cm³/mol. The molecule has 2 aromatic heterocycles. The zero-order valence-corrected chi connectivity index (χ0v) is 26.3. The lowest BCUT2D eigenvalue weighted by molar-refractivity contribution is -0.153. The number of ether oxygens (including phenoxy) is 4. The smallest absolute Gasteiger partial charge is 0.361 e. The van der Waals surface area contributed by atoms with Gasteiger partial charge in [0.15, 0.2) is 11.4 Å². The minimum atomic E-state index is -4.25. The number of hydrogen-bond acceptors (Lipinski definition) is 16. The third-order valence-electron chi connectivity index (χ3n) is 7.35. The first kappa shape index (κ1) is 36.0. The maximum absolute atomic E-state index is 13.2. The van der Waals surface area contributed by atoms with E-state index in [2.05, 4.69) is 16.4 Å². The second kappa shape index (κ2) is 16.8. The molecule has 2 fully saturated rings. The van der Waals surface area contributed by atoms with Crippen LogP contribution >= 0.6 is 19.2 Å². The third-order valence-corrected chi connectivity index (χ3v) is 9.12. The molecule has 1 saturated heterocycles. The Bertz CT molecular complexity index is 1420. The van der Waals surface area contributed by atoms with E-state index in [0.717, 1.165) is 25.7 Å². The van der Waals surface area contributed by atoms with E-state index in [-0.39, 0.29) is 29.6 Å². The number of aromatic nitrogens is 2. The zero-order valence-electron chi connectivity index (χ0n) is 24.7. The van der Waals surface area contributed by atoms with Gasteiger partial charge >= 0.3 is 19.5 Å². The Hall–Kier alpha value is -2.88. The lowest BCUT2D eigenvalue weighted by Gasteiger charge is -2.20. The number of aliphatic hydroxyl groups excluding tert-OH is 4. The fraction of sp³-hybridized carbons (Fsp3) is 0.630. The largest absolute Gasteiger partial charge is 0.438 e. The number of hydrogen-bond donors (Lipinski definition) is 5. The molecule has 2 aliphatic rings. The first-order valence-electron chi connectivity index (χ1n) is 14.5. The molecule has 2 aromatic rings. The SMILES string of the molecule is N#Cc1c(Cl)nc2c(ccn2[C@@H]2O[C@H](COCP(=O)(OCOC(=O)CCO)OCOC(=O)CCO)[C@@H](O)[C@H]2O)c1NC1CCCC1. The van der Waals surface area contributed by atoms with Gasteiger partial charge in [-0.05, 0) is 18.9 Å². The molecular formula is C27H36ClN4O13P. The summed E-state index contributed by atoms with van der Waals surface area (Å²) in [5.74, 6) is -1.68. The van der Waals surface area contributed by atoms with Crippen LogP contribution in [0.3, 0.4) is 0 Å². The summed E-state index contributed by atoms with van der Waals surface area (Å²) >= 11 is 6.39. The standard InChI is InChI=1S/C27H36ClN4O13P/c28-25-18(11-29)22(30-16-3-1-2-4-16)17-5-8-32(26(17)31-25)27-24(38)23(37)19(45-27)12-40-15-46(39,43-13-41-20(35)6-9-33)44-14-42-21(36)7-10-34/h5,8,16,19,23-24,27,33-34,37-38H,1-4,6-7,9-10,12-15H2,(H,30,31)/t19-,23-,24-,27-/m1/s1. The quantitative estimate of drug-likeness (QED) is 0.0683. The lowest BCUT2D eigenvalue weighted by atomic mass is 10.1. The molecule has 5 N–H and O–H groups in total. The first-order valence-corrected chi connectivity index (χ1v) is 16.6. The number of rotatable bonds is 17. The van der Waals surface area contributed by atoms with Crippen molar-refractivity contribution in [2.75, 3.05) is 45.1 Å². The van der Waals surface area contributed by atoms with Crippen molar-refractivity contribution in [1.82, 2.24) is 9.55 Å². The van der Waals surface area contributed by atoms with Crippen LogP contribution in [0.25, 0.3) is 11.0 Å². The zero-order chi connectivity index (χ0) is 33.3. The molecule has 19 heteroatoms. The van der Waals surface area contributed by atoms with E-state index in [1.165, 1.54) is 4.57 Å². The van der Waals surface area contributed by atoms with E-state index < -0.39 is 83.8 Å². The van der Waals surface area contributed by atoms with Gasteiger partial charge in [-0.25, -0.2) is 4.98 Å². The number of carbonyl (C=O) groups is 2. The van der Waals surface area contributed by atoms with Crippen LogP contribution in [0.5, 0.6) is 0 Å². The van der Waals surface area contributed by atoms with E-state index in [4.69, 9.17) is 49.8 Å². The number of nitriles is 1. The fourth-order valence-electron chi connectivity index (χ4n) is 5.03. The highest BCUT2D eigenvalue weighted by Crippen LogP contribution is 2.48. The van der Waals surface area contributed by atoms with Gasteiger partial charge < -0.3 is 49.3 Å². The molecular weight excluding hydrogens is 655 g/mol. The Labute approximate surface area is 268 Å². The second-order valence-corrected chi connectivity index (χ2v) is 12.8. The monoisotopic (exact) mass is 690 g/mol. The summed E-state index contributed by atoms with van der Waals surface area (Å²) in [4.78, 5) is 27.4. The molecule has 1 saturated carbocycles. The highest BCUT2D eigenvalue weighted by molar-refractivity contribution is 7.53. The van der Waals surface area contributed by atoms with Crippen LogP contribution in [0.4, 0.5) is 5.69 Å².